The maximum atomic E-state index is 13.1. The van der Waals surface area contributed by atoms with Crippen molar-refractivity contribution in [2.24, 2.45) is 11.7 Å². The summed E-state index contributed by atoms with van der Waals surface area (Å²) in [5.41, 5.74) is 7.19. The number of nitrogens with two attached hydrogens (primary N) is 1. The second-order valence-corrected chi connectivity index (χ2v) is 5.36. The molecule has 0 aliphatic rings. The Labute approximate surface area is 108 Å². The third-order valence-electron chi connectivity index (χ3n) is 2.74. The first-order valence-electron chi connectivity index (χ1n) is 5.65. The first kappa shape index (κ1) is 13.1. The largest absolute Gasteiger partial charge is 0.322 e. The van der Waals surface area contributed by atoms with Gasteiger partial charge in [0.05, 0.1) is 11.7 Å². The summed E-state index contributed by atoms with van der Waals surface area (Å²) in [6.07, 6.45) is 0. The monoisotopic (exact) mass is 268 g/mol. The minimum atomic E-state index is -0.866. The van der Waals surface area contributed by atoms with Gasteiger partial charge in [-0.25, -0.2) is 13.8 Å². The molecule has 1 atom stereocenters. The zero-order chi connectivity index (χ0) is 13.3. The fourth-order valence-corrected chi connectivity index (χ4v) is 2.52. The number of hydrogen-bond acceptors (Lipinski definition) is 3. The first-order valence-corrected chi connectivity index (χ1v) is 6.53. The highest BCUT2D eigenvalue weighted by molar-refractivity contribution is 7.10. The standard InChI is InChI=1S/C13H14F2N2S/c1-7(2)12(16)13-17-11(6-18-13)8-3-4-9(14)10(15)5-8/h3-7,12H,16H2,1-2H3. The Balaban J connectivity index is 2.32. The maximum Gasteiger partial charge on any atom is 0.159 e. The summed E-state index contributed by atoms with van der Waals surface area (Å²) < 4.78 is 26.0. The number of rotatable bonds is 3. The fourth-order valence-electron chi connectivity index (χ4n) is 1.51. The van der Waals surface area contributed by atoms with Crippen LogP contribution in [0.1, 0.15) is 24.9 Å². The smallest absolute Gasteiger partial charge is 0.159 e. The third-order valence-corrected chi connectivity index (χ3v) is 3.69. The number of benzene rings is 1. The van der Waals surface area contributed by atoms with E-state index in [-0.39, 0.29) is 12.0 Å². The van der Waals surface area contributed by atoms with E-state index in [2.05, 4.69) is 4.98 Å². The van der Waals surface area contributed by atoms with Crippen LogP contribution in [0, 0.1) is 17.6 Å². The molecule has 1 aromatic heterocycles. The molecule has 0 radical (unpaired) electrons. The fraction of sp³-hybridized carbons (Fsp3) is 0.308. The average molecular weight is 268 g/mol. The van der Waals surface area contributed by atoms with Gasteiger partial charge in [-0.1, -0.05) is 13.8 Å². The summed E-state index contributed by atoms with van der Waals surface area (Å²) in [5, 5.41) is 2.62. The highest BCUT2D eigenvalue weighted by Gasteiger charge is 2.15. The molecule has 2 nitrogen and oxygen atoms in total. The van der Waals surface area contributed by atoms with Gasteiger partial charge in [-0.05, 0) is 24.1 Å². The lowest BCUT2D eigenvalue weighted by atomic mass is 10.1. The highest BCUT2D eigenvalue weighted by Crippen LogP contribution is 2.28. The predicted molar refractivity (Wildman–Crippen MR) is 69.2 cm³/mol. The molecule has 0 bridgehead atoms. The van der Waals surface area contributed by atoms with Gasteiger partial charge in [0.15, 0.2) is 11.6 Å². The average Bonchev–Trinajstić information content (AvgIpc) is 2.81. The maximum absolute atomic E-state index is 13.1. The molecule has 0 amide bonds. The van der Waals surface area contributed by atoms with Gasteiger partial charge in [0.25, 0.3) is 0 Å². The van der Waals surface area contributed by atoms with E-state index >= 15 is 0 Å². The molecule has 96 valence electrons. The quantitative estimate of drug-likeness (QED) is 0.921. The molecule has 2 aromatic rings. The van der Waals surface area contributed by atoms with E-state index in [1.165, 1.54) is 17.4 Å². The van der Waals surface area contributed by atoms with Crippen molar-refractivity contribution >= 4 is 11.3 Å². The molecule has 0 saturated carbocycles. The molecular weight excluding hydrogens is 254 g/mol. The Morgan fingerprint density at radius 3 is 2.56 bits per heavy atom. The van der Waals surface area contributed by atoms with E-state index in [1.54, 1.807) is 0 Å². The van der Waals surface area contributed by atoms with Crippen LogP contribution in [-0.2, 0) is 0 Å². The molecule has 0 fully saturated rings. The van der Waals surface area contributed by atoms with E-state index in [0.717, 1.165) is 17.1 Å². The van der Waals surface area contributed by atoms with E-state index in [1.807, 2.05) is 19.2 Å². The molecule has 2 rings (SSSR count). The molecule has 0 spiro atoms. The zero-order valence-corrected chi connectivity index (χ0v) is 11.0. The van der Waals surface area contributed by atoms with Crippen LogP contribution < -0.4 is 5.73 Å². The predicted octanol–water partition coefficient (Wildman–Crippen LogP) is 3.74. The summed E-state index contributed by atoms with van der Waals surface area (Å²) in [5.74, 6) is -1.43. The molecule has 2 N–H and O–H groups in total. The Kier molecular flexibility index (Phi) is 3.73. The minimum absolute atomic E-state index is 0.131. The number of nitrogens with zero attached hydrogens (tertiary/aromatic N) is 1. The summed E-state index contributed by atoms with van der Waals surface area (Å²) in [7, 11) is 0. The number of thiazole rings is 1. The van der Waals surface area contributed by atoms with Crippen molar-refractivity contribution < 1.29 is 8.78 Å². The van der Waals surface area contributed by atoms with Gasteiger partial charge in [-0.3, -0.25) is 0 Å². The Hall–Kier alpha value is -1.33. The van der Waals surface area contributed by atoms with E-state index in [9.17, 15) is 8.78 Å². The summed E-state index contributed by atoms with van der Waals surface area (Å²) in [4.78, 5) is 4.38. The summed E-state index contributed by atoms with van der Waals surface area (Å²) in [6.45, 7) is 4.03. The van der Waals surface area contributed by atoms with Gasteiger partial charge in [-0.2, -0.15) is 0 Å². The highest BCUT2D eigenvalue weighted by atomic mass is 32.1. The van der Waals surface area contributed by atoms with Crippen LogP contribution in [0.2, 0.25) is 0 Å². The normalized spacial score (nSPS) is 13.0. The molecule has 1 heterocycles. The minimum Gasteiger partial charge on any atom is -0.322 e. The van der Waals surface area contributed by atoms with Crippen molar-refractivity contribution in [2.75, 3.05) is 0 Å². The number of halogens is 2. The van der Waals surface area contributed by atoms with Crippen LogP contribution in [0.4, 0.5) is 8.78 Å². The Morgan fingerprint density at radius 2 is 1.94 bits per heavy atom. The summed E-state index contributed by atoms with van der Waals surface area (Å²) in [6, 6.07) is 3.63. The molecular formula is C13H14F2N2S. The molecule has 5 heteroatoms. The zero-order valence-electron chi connectivity index (χ0n) is 10.2. The third kappa shape index (κ3) is 2.57. The lowest BCUT2D eigenvalue weighted by Gasteiger charge is -2.11. The van der Waals surface area contributed by atoms with Gasteiger partial charge in [0.1, 0.15) is 5.01 Å². The molecule has 0 aliphatic carbocycles. The lowest BCUT2D eigenvalue weighted by molar-refractivity contribution is 0.508. The van der Waals surface area contributed by atoms with Gasteiger partial charge in [0.2, 0.25) is 0 Å². The lowest BCUT2D eigenvalue weighted by Crippen LogP contribution is -2.16. The van der Waals surface area contributed by atoms with Crippen molar-refractivity contribution in [3.8, 4) is 11.3 Å². The molecule has 1 unspecified atom stereocenters. The van der Waals surface area contributed by atoms with Crippen LogP contribution in [0.3, 0.4) is 0 Å². The van der Waals surface area contributed by atoms with E-state index in [0.29, 0.717) is 11.3 Å². The Morgan fingerprint density at radius 1 is 1.22 bits per heavy atom. The van der Waals surface area contributed by atoms with Gasteiger partial charge in [0, 0.05) is 10.9 Å². The van der Waals surface area contributed by atoms with Crippen molar-refractivity contribution in [1.82, 2.24) is 4.98 Å². The molecule has 18 heavy (non-hydrogen) atoms. The second kappa shape index (κ2) is 5.12. The van der Waals surface area contributed by atoms with Gasteiger partial charge in [-0.15, -0.1) is 11.3 Å². The van der Waals surface area contributed by atoms with Crippen LogP contribution >= 0.6 is 11.3 Å². The van der Waals surface area contributed by atoms with Crippen molar-refractivity contribution in [2.45, 2.75) is 19.9 Å². The van der Waals surface area contributed by atoms with Crippen LogP contribution in [0.25, 0.3) is 11.3 Å². The van der Waals surface area contributed by atoms with E-state index in [4.69, 9.17) is 5.73 Å². The SMILES string of the molecule is CC(C)C(N)c1nc(-c2ccc(F)c(F)c2)cs1. The van der Waals surface area contributed by atoms with E-state index < -0.39 is 11.6 Å². The van der Waals surface area contributed by atoms with Crippen LogP contribution in [0.15, 0.2) is 23.6 Å². The van der Waals surface area contributed by atoms with Crippen molar-refractivity contribution in [1.29, 1.82) is 0 Å². The number of aromatic nitrogens is 1. The molecule has 0 aliphatic heterocycles. The summed E-state index contributed by atoms with van der Waals surface area (Å²) >= 11 is 1.44. The van der Waals surface area contributed by atoms with Crippen LogP contribution in [-0.4, -0.2) is 4.98 Å². The van der Waals surface area contributed by atoms with Crippen molar-refractivity contribution in [3.05, 3.63) is 40.2 Å². The Bertz CT molecular complexity index is 552. The van der Waals surface area contributed by atoms with Gasteiger partial charge < -0.3 is 5.73 Å². The first-order chi connectivity index (χ1) is 8.49. The van der Waals surface area contributed by atoms with Crippen LogP contribution in [0.5, 0.6) is 0 Å². The molecule has 1 aromatic carbocycles. The topological polar surface area (TPSA) is 38.9 Å². The molecule has 0 saturated heterocycles. The number of hydrogen-bond donors (Lipinski definition) is 1. The van der Waals surface area contributed by atoms with Gasteiger partial charge >= 0.3 is 0 Å². The second-order valence-electron chi connectivity index (χ2n) is 4.47. The van der Waals surface area contributed by atoms with Crippen molar-refractivity contribution in [3.63, 3.8) is 0 Å².